The minimum atomic E-state index is -0.459. The van der Waals surface area contributed by atoms with Gasteiger partial charge in [-0.25, -0.2) is 0 Å². The predicted octanol–water partition coefficient (Wildman–Crippen LogP) is 3.00. The minimum absolute atomic E-state index is 0.137. The number of rotatable bonds is 5. The number of hydrogen-bond donors (Lipinski definition) is 2. The maximum absolute atomic E-state index is 10.4. The zero-order chi connectivity index (χ0) is 13.7. The molecular formula is C15H22ClNO2. The molecule has 0 heterocycles. The van der Waals surface area contributed by atoms with Crippen molar-refractivity contribution in [2.75, 3.05) is 6.54 Å². The fraction of sp³-hybridized carbons (Fsp3) is 0.600. The van der Waals surface area contributed by atoms with Gasteiger partial charge in [-0.2, -0.15) is 0 Å². The molecule has 1 aromatic carbocycles. The molecule has 0 unspecified atom stereocenters. The van der Waals surface area contributed by atoms with Gasteiger partial charge in [-0.15, -0.1) is 0 Å². The van der Waals surface area contributed by atoms with Crippen molar-refractivity contribution < 1.29 is 9.84 Å². The van der Waals surface area contributed by atoms with Crippen LogP contribution in [0.2, 0.25) is 5.02 Å². The quantitative estimate of drug-likeness (QED) is 0.873. The van der Waals surface area contributed by atoms with Crippen molar-refractivity contribution in [3.8, 4) is 5.75 Å². The van der Waals surface area contributed by atoms with Crippen LogP contribution in [0.4, 0.5) is 0 Å². The third kappa shape index (κ3) is 4.10. The molecule has 4 heteroatoms. The van der Waals surface area contributed by atoms with Gasteiger partial charge in [0.25, 0.3) is 0 Å². The molecule has 1 aromatic rings. The van der Waals surface area contributed by atoms with Crippen LogP contribution in [0, 0.1) is 0 Å². The highest BCUT2D eigenvalue weighted by Crippen LogP contribution is 2.26. The van der Waals surface area contributed by atoms with E-state index in [1.54, 1.807) is 6.07 Å². The maximum atomic E-state index is 10.4. The summed E-state index contributed by atoms with van der Waals surface area (Å²) in [7, 11) is 0. The summed E-state index contributed by atoms with van der Waals surface area (Å²) in [6.45, 7) is 3.06. The first kappa shape index (κ1) is 14.6. The number of halogens is 1. The Morgan fingerprint density at radius 1 is 1.42 bits per heavy atom. The van der Waals surface area contributed by atoms with E-state index in [0.717, 1.165) is 38.0 Å². The molecule has 3 nitrogen and oxygen atoms in total. The molecule has 1 aliphatic rings. The highest BCUT2D eigenvalue weighted by Gasteiger charge is 2.32. The zero-order valence-corrected chi connectivity index (χ0v) is 12.1. The number of ether oxygens (including phenoxy) is 1. The van der Waals surface area contributed by atoms with Crippen LogP contribution < -0.4 is 10.1 Å². The normalized spacial score (nSPS) is 27.2. The number of hydrogen-bond acceptors (Lipinski definition) is 3. The van der Waals surface area contributed by atoms with E-state index >= 15 is 0 Å². The van der Waals surface area contributed by atoms with Crippen molar-refractivity contribution in [3.05, 3.63) is 29.3 Å². The Labute approximate surface area is 119 Å². The van der Waals surface area contributed by atoms with Gasteiger partial charge in [-0.05, 0) is 50.4 Å². The van der Waals surface area contributed by atoms with E-state index in [1.165, 1.54) is 0 Å². The van der Waals surface area contributed by atoms with Crippen molar-refractivity contribution in [2.45, 2.75) is 50.9 Å². The van der Waals surface area contributed by atoms with Gasteiger partial charge in [-0.3, -0.25) is 0 Å². The van der Waals surface area contributed by atoms with E-state index in [9.17, 15) is 5.11 Å². The third-order valence-corrected chi connectivity index (χ3v) is 3.77. The summed E-state index contributed by atoms with van der Waals surface area (Å²) >= 11 is 5.94. The lowest BCUT2D eigenvalue weighted by Gasteiger charge is -2.35. The number of nitrogens with one attached hydrogen (secondary N) is 1. The Hall–Kier alpha value is -0.770. The van der Waals surface area contributed by atoms with Crippen LogP contribution in [0.1, 0.15) is 32.6 Å². The van der Waals surface area contributed by atoms with Crippen LogP contribution in [-0.4, -0.2) is 29.9 Å². The van der Waals surface area contributed by atoms with Crippen molar-refractivity contribution in [1.29, 1.82) is 0 Å². The Morgan fingerprint density at radius 3 is 3.00 bits per heavy atom. The summed E-state index contributed by atoms with van der Waals surface area (Å²) in [5.41, 5.74) is 0. The molecule has 0 spiro atoms. The van der Waals surface area contributed by atoms with Gasteiger partial charge in [-0.1, -0.05) is 24.6 Å². The monoisotopic (exact) mass is 283 g/mol. The van der Waals surface area contributed by atoms with Crippen molar-refractivity contribution in [3.63, 3.8) is 0 Å². The molecule has 1 saturated carbocycles. The van der Waals surface area contributed by atoms with Crippen molar-refractivity contribution >= 4 is 11.6 Å². The average Bonchev–Trinajstić information content (AvgIpc) is 2.40. The lowest BCUT2D eigenvalue weighted by molar-refractivity contribution is -0.0151. The molecule has 0 bridgehead atoms. The first-order valence-corrected chi connectivity index (χ1v) is 7.42. The first-order chi connectivity index (χ1) is 9.20. The van der Waals surface area contributed by atoms with E-state index in [-0.39, 0.29) is 12.1 Å². The van der Waals surface area contributed by atoms with Crippen molar-refractivity contribution in [2.24, 2.45) is 0 Å². The SMILES string of the molecule is CCCN[C@H]1CCC[C@@H](Oc2cccc(Cl)c2)[C@@H]1O. The molecule has 19 heavy (non-hydrogen) atoms. The van der Waals surface area contributed by atoms with Gasteiger partial charge in [0.2, 0.25) is 0 Å². The van der Waals surface area contributed by atoms with Gasteiger partial charge < -0.3 is 15.2 Å². The molecule has 0 aromatic heterocycles. The van der Waals surface area contributed by atoms with E-state index < -0.39 is 6.10 Å². The second-order valence-corrected chi connectivity index (χ2v) is 5.53. The minimum Gasteiger partial charge on any atom is -0.488 e. The third-order valence-electron chi connectivity index (χ3n) is 3.54. The summed E-state index contributed by atoms with van der Waals surface area (Å²) in [6, 6.07) is 7.48. The van der Waals surface area contributed by atoms with Crippen LogP contribution in [0.25, 0.3) is 0 Å². The first-order valence-electron chi connectivity index (χ1n) is 7.04. The largest absolute Gasteiger partial charge is 0.488 e. The van der Waals surface area contributed by atoms with Gasteiger partial charge >= 0.3 is 0 Å². The molecule has 106 valence electrons. The van der Waals surface area contributed by atoms with Crippen molar-refractivity contribution in [1.82, 2.24) is 5.32 Å². The molecular weight excluding hydrogens is 262 g/mol. The summed E-state index contributed by atoms with van der Waals surface area (Å²) in [4.78, 5) is 0. The van der Waals surface area contributed by atoms with E-state index in [2.05, 4.69) is 12.2 Å². The van der Waals surface area contributed by atoms with E-state index in [4.69, 9.17) is 16.3 Å². The molecule has 0 radical (unpaired) electrons. The summed E-state index contributed by atoms with van der Waals surface area (Å²) in [6.07, 6.45) is 3.43. The van der Waals surface area contributed by atoms with Gasteiger partial charge in [0.05, 0.1) is 0 Å². The Bertz CT molecular complexity index is 399. The molecule has 0 amide bonds. The summed E-state index contributed by atoms with van der Waals surface area (Å²) in [5, 5.41) is 14.4. The molecule has 1 fully saturated rings. The Morgan fingerprint density at radius 2 is 2.26 bits per heavy atom. The second kappa shape index (κ2) is 7.13. The number of aliphatic hydroxyl groups is 1. The standard InChI is InChI=1S/C15H22ClNO2/c1-2-9-17-13-7-4-8-14(15(13)18)19-12-6-3-5-11(16)10-12/h3,5-6,10,13-15,17-18H,2,4,7-9H2,1H3/t13-,14+,15+/m0/s1. The molecule has 2 rings (SSSR count). The van der Waals surface area contributed by atoms with Gasteiger partial charge in [0.1, 0.15) is 18.0 Å². The topological polar surface area (TPSA) is 41.5 Å². The van der Waals surface area contributed by atoms with Crippen LogP contribution >= 0.6 is 11.6 Å². The van der Waals surface area contributed by atoms with E-state index in [1.807, 2.05) is 18.2 Å². The Balaban J connectivity index is 1.95. The fourth-order valence-corrected chi connectivity index (χ4v) is 2.72. The molecule has 3 atom stereocenters. The molecule has 2 N–H and O–H groups in total. The highest BCUT2D eigenvalue weighted by molar-refractivity contribution is 6.30. The smallest absolute Gasteiger partial charge is 0.126 e. The highest BCUT2D eigenvalue weighted by atomic mass is 35.5. The predicted molar refractivity (Wildman–Crippen MR) is 77.8 cm³/mol. The molecule has 0 aliphatic heterocycles. The average molecular weight is 284 g/mol. The number of aliphatic hydroxyl groups excluding tert-OH is 1. The molecule has 0 saturated heterocycles. The number of benzene rings is 1. The van der Waals surface area contributed by atoms with E-state index in [0.29, 0.717) is 5.02 Å². The van der Waals surface area contributed by atoms with Crippen LogP contribution in [0.3, 0.4) is 0 Å². The lowest BCUT2D eigenvalue weighted by atomic mass is 9.90. The summed E-state index contributed by atoms with van der Waals surface area (Å²) in [5.74, 6) is 0.729. The van der Waals surface area contributed by atoms with Gasteiger partial charge in [0.15, 0.2) is 0 Å². The maximum Gasteiger partial charge on any atom is 0.126 e. The van der Waals surface area contributed by atoms with Crippen LogP contribution in [0.5, 0.6) is 5.75 Å². The summed E-state index contributed by atoms with van der Waals surface area (Å²) < 4.78 is 5.88. The zero-order valence-electron chi connectivity index (χ0n) is 11.3. The van der Waals surface area contributed by atoms with Crippen LogP contribution in [0.15, 0.2) is 24.3 Å². The fourth-order valence-electron chi connectivity index (χ4n) is 2.54. The molecule has 1 aliphatic carbocycles. The van der Waals surface area contributed by atoms with Crippen LogP contribution in [-0.2, 0) is 0 Å². The van der Waals surface area contributed by atoms with Gasteiger partial charge in [0, 0.05) is 11.1 Å². The Kier molecular flexibility index (Phi) is 5.49. The lowest BCUT2D eigenvalue weighted by Crippen LogP contribution is -2.51. The second-order valence-electron chi connectivity index (χ2n) is 5.10.